The number of hydrogen-bond donors (Lipinski definition) is 2. The second kappa shape index (κ2) is 11.5. The van der Waals surface area contributed by atoms with Gasteiger partial charge in [0.25, 0.3) is 5.91 Å². The summed E-state index contributed by atoms with van der Waals surface area (Å²) in [6.45, 7) is 1.10. The van der Waals surface area contributed by atoms with Crippen molar-refractivity contribution in [3.63, 3.8) is 0 Å². The lowest BCUT2D eigenvalue weighted by Crippen LogP contribution is -2.40. The Bertz CT molecular complexity index is 1190. The zero-order chi connectivity index (χ0) is 23.7. The van der Waals surface area contributed by atoms with Gasteiger partial charge in [-0.05, 0) is 47.7 Å². The second-order valence-corrected chi connectivity index (χ2v) is 10.0. The van der Waals surface area contributed by atoms with Crippen molar-refractivity contribution in [3.8, 4) is 0 Å². The van der Waals surface area contributed by atoms with Crippen LogP contribution in [0.15, 0.2) is 82.1 Å². The lowest BCUT2D eigenvalue weighted by atomic mass is 10.1. The molecule has 1 aromatic heterocycles. The normalized spacial score (nSPS) is 11.6. The molecule has 2 aromatic carbocycles. The molecular formula is C23H24N4O4S2. The van der Waals surface area contributed by atoms with Gasteiger partial charge in [0.2, 0.25) is 15.9 Å². The van der Waals surface area contributed by atoms with Gasteiger partial charge in [-0.3, -0.25) is 9.59 Å². The van der Waals surface area contributed by atoms with Crippen LogP contribution in [0.1, 0.15) is 17.4 Å². The van der Waals surface area contributed by atoms with Crippen LogP contribution in [0.4, 0.5) is 5.69 Å². The SMILES string of the molecule is CC(=O)Nc1ccc(S(=O)(=O)N(CCc2ccccc2)CC(=O)N/N=C\c2cccs2)cc1. The summed E-state index contributed by atoms with van der Waals surface area (Å²) < 4.78 is 27.7. The van der Waals surface area contributed by atoms with Gasteiger partial charge in [-0.15, -0.1) is 11.3 Å². The average Bonchev–Trinajstić information content (AvgIpc) is 3.31. The van der Waals surface area contributed by atoms with Gasteiger partial charge < -0.3 is 5.32 Å². The molecule has 0 atom stereocenters. The summed E-state index contributed by atoms with van der Waals surface area (Å²) in [5.41, 5.74) is 3.83. The van der Waals surface area contributed by atoms with Crippen LogP contribution >= 0.6 is 11.3 Å². The Morgan fingerprint density at radius 1 is 1.03 bits per heavy atom. The molecule has 3 rings (SSSR count). The highest BCUT2D eigenvalue weighted by molar-refractivity contribution is 7.89. The van der Waals surface area contributed by atoms with E-state index in [1.807, 2.05) is 47.8 Å². The van der Waals surface area contributed by atoms with E-state index < -0.39 is 15.9 Å². The molecule has 0 spiro atoms. The molecule has 0 fully saturated rings. The van der Waals surface area contributed by atoms with Crippen molar-refractivity contribution in [3.05, 3.63) is 82.6 Å². The minimum absolute atomic E-state index is 0.0274. The van der Waals surface area contributed by atoms with E-state index in [0.29, 0.717) is 12.1 Å². The number of anilines is 1. The summed E-state index contributed by atoms with van der Waals surface area (Å²) in [4.78, 5) is 24.6. The van der Waals surface area contributed by atoms with Crippen LogP contribution in [0.25, 0.3) is 0 Å². The van der Waals surface area contributed by atoms with Gasteiger partial charge in [-0.2, -0.15) is 9.41 Å². The van der Waals surface area contributed by atoms with E-state index >= 15 is 0 Å². The van der Waals surface area contributed by atoms with Crippen LogP contribution in [0.2, 0.25) is 0 Å². The first-order chi connectivity index (χ1) is 15.8. The Labute approximate surface area is 197 Å². The van der Waals surface area contributed by atoms with Crippen molar-refractivity contribution in [2.24, 2.45) is 5.10 Å². The number of rotatable bonds is 10. The van der Waals surface area contributed by atoms with Crippen molar-refractivity contribution in [1.82, 2.24) is 9.73 Å². The van der Waals surface area contributed by atoms with Crippen LogP contribution in [-0.4, -0.2) is 43.8 Å². The van der Waals surface area contributed by atoms with Crippen molar-refractivity contribution in [1.29, 1.82) is 0 Å². The molecule has 0 saturated carbocycles. The molecule has 2 amide bonds. The summed E-state index contributed by atoms with van der Waals surface area (Å²) in [6.07, 6.45) is 1.95. The number of nitrogens with zero attached hydrogens (tertiary/aromatic N) is 2. The van der Waals surface area contributed by atoms with Crippen molar-refractivity contribution >= 4 is 45.1 Å². The highest BCUT2D eigenvalue weighted by Crippen LogP contribution is 2.19. The number of carbonyl (C=O) groups excluding carboxylic acids is 2. The first-order valence-corrected chi connectivity index (χ1v) is 12.4. The van der Waals surface area contributed by atoms with Gasteiger partial charge in [0.05, 0.1) is 17.7 Å². The zero-order valence-corrected chi connectivity index (χ0v) is 19.6. The first-order valence-electron chi connectivity index (χ1n) is 10.1. The van der Waals surface area contributed by atoms with E-state index in [1.54, 1.807) is 0 Å². The number of sulfonamides is 1. The van der Waals surface area contributed by atoms with E-state index in [4.69, 9.17) is 0 Å². The van der Waals surface area contributed by atoms with E-state index in [0.717, 1.165) is 14.7 Å². The molecule has 0 aliphatic heterocycles. The van der Waals surface area contributed by atoms with Crippen molar-refractivity contribution in [2.75, 3.05) is 18.4 Å². The molecule has 0 aliphatic carbocycles. The predicted octanol–water partition coefficient (Wildman–Crippen LogP) is 3.09. The predicted molar refractivity (Wildman–Crippen MR) is 130 cm³/mol. The molecule has 0 bridgehead atoms. The summed E-state index contributed by atoms with van der Waals surface area (Å²) in [5, 5.41) is 8.39. The van der Waals surface area contributed by atoms with Gasteiger partial charge in [0.1, 0.15) is 0 Å². The third-order valence-corrected chi connectivity index (χ3v) is 7.22. The maximum atomic E-state index is 13.3. The Balaban J connectivity index is 1.75. The molecule has 2 N–H and O–H groups in total. The van der Waals surface area contributed by atoms with Gasteiger partial charge in [0.15, 0.2) is 0 Å². The van der Waals surface area contributed by atoms with Crippen LogP contribution in [0, 0.1) is 0 Å². The van der Waals surface area contributed by atoms with Crippen molar-refractivity contribution in [2.45, 2.75) is 18.2 Å². The van der Waals surface area contributed by atoms with Crippen LogP contribution in [0.5, 0.6) is 0 Å². The molecule has 0 radical (unpaired) electrons. The number of amides is 2. The highest BCUT2D eigenvalue weighted by atomic mass is 32.2. The monoisotopic (exact) mass is 484 g/mol. The van der Waals surface area contributed by atoms with E-state index in [1.165, 1.54) is 48.7 Å². The lowest BCUT2D eigenvalue weighted by molar-refractivity contribution is -0.121. The van der Waals surface area contributed by atoms with Crippen LogP contribution in [0.3, 0.4) is 0 Å². The number of benzene rings is 2. The van der Waals surface area contributed by atoms with E-state index in [-0.39, 0.29) is 23.9 Å². The van der Waals surface area contributed by atoms with Crippen molar-refractivity contribution < 1.29 is 18.0 Å². The first kappa shape index (κ1) is 24.3. The molecule has 0 aliphatic rings. The zero-order valence-electron chi connectivity index (χ0n) is 18.0. The number of hydrogen-bond acceptors (Lipinski definition) is 6. The fourth-order valence-corrected chi connectivity index (χ4v) is 4.96. The van der Waals surface area contributed by atoms with Gasteiger partial charge in [-0.1, -0.05) is 36.4 Å². The van der Waals surface area contributed by atoms with Crippen LogP contribution in [-0.2, 0) is 26.0 Å². The Kier molecular flexibility index (Phi) is 8.47. The van der Waals surface area contributed by atoms with Crippen LogP contribution < -0.4 is 10.7 Å². The molecule has 1 heterocycles. The third kappa shape index (κ3) is 7.35. The fraction of sp³-hybridized carbons (Fsp3) is 0.174. The van der Waals surface area contributed by atoms with E-state index in [2.05, 4.69) is 15.8 Å². The molecule has 172 valence electrons. The fourth-order valence-electron chi connectivity index (χ4n) is 2.97. The maximum absolute atomic E-state index is 13.3. The molecule has 0 saturated heterocycles. The topological polar surface area (TPSA) is 108 Å². The molecule has 10 heteroatoms. The minimum atomic E-state index is -3.97. The number of thiophene rings is 1. The maximum Gasteiger partial charge on any atom is 0.255 e. The molecule has 3 aromatic rings. The molecule has 33 heavy (non-hydrogen) atoms. The summed E-state index contributed by atoms with van der Waals surface area (Å²) >= 11 is 1.47. The Morgan fingerprint density at radius 3 is 2.39 bits per heavy atom. The number of hydrazone groups is 1. The van der Waals surface area contributed by atoms with Gasteiger partial charge >= 0.3 is 0 Å². The molecular weight excluding hydrogens is 460 g/mol. The van der Waals surface area contributed by atoms with Gasteiger partial charge in [-0.25, -0.2) is 13.8 Å². The Morgan fingerprint density at radius 2 is 1.76 bits per heavy atom. The standard InChI is InChI=1S/C23H24N4O4S2/c1-18(28)25-20-9-11-22(12-10-20)33(30,31)27(14-13-19-6-3-2-4-7-19)17-23(29)26-24-16-21-8-5-15-32-21/h2-12,15-16H,13-14,17H2,1H3,(H,25,28)(H,26,29)/b24-16-. The Hall–Kier alpha value is -3.34. The summed E-state index contributed by atoms with van der Waals surface area (Å²) in [5.74, 6) is -0.802. The minimum Gasteiger partial charge on any atom is -0.326 e. The third-order valence-electron chi connectivity index (χ3n) is 4.55. The summed E-state index contributed by atoms with van der Waals surface area (Å²) in [7, 11) is -3.97. The van der Waals surface area contributed by atoms with E-state index in [9.17, 15) is 18.0 Å². The smallest absolute Gasteiger partial charge is 0.255 e. The molecule has 8 nitrogen and oxygen atoms in total. The number of nitrogens with one attached hydrogen (secondary N) is 2. The highest BCUT2D eigenvalue weighted by Gasteiger charge is 2.26. The van der Waals surface area contributed by atoms with Gasteiger partial charge in [0, 0.05) is 24.0 Å². The average molecular weight is 485 g/mol. The quantitative estimate of drug-likeness (QED) is 0.341. The second-order valence-electron chi connectivity index (χ2n) is 7.09. The number of carbonyl (C=O) groups is 2. The largest absolute Gasteiger partial charge is 0.326 e. The lowest BCUT2D eigenvalue weighted by Gasteiger charge is -2.21. The molecule has 0 unspecified atom stereocenters. The summed E-state index contributed by atoms with van der Waals surface area (Å²) in [6, 6.07) is 19.0.